The maximum absolute atomic E-state index is 14.2. The summed E-state index contributed by atoms with van der Waals surface area (Å²) >= 11 is 3.35. The number of carbonyl (C=O) groups excluding carboxylic acids is 2. The Bertz CT molecular complexity index is 1450. The molecule has 3 aromatic rings. The van der Waals surface area contributed by atoms with E-state index in [1.165, 1.54) is 17.0 Å². The first-order valence-corrected chi connectivity index (χ1v) is 16.4. The van der Waals surface area contributed by atoms with Crippen molar-refractivity contribution in [2.45, 2.75) is 71.0 Å². The van der Waals surface area contributed by atoms with Crippen LogP contribution in [0.1, 0.15) is 51.7 Å². The van der Waals surface area contributed by atoms with Gasteiger partial charge in [-0.25, -0.2) is 8.42 Å². The van der Waals surface area contributed by atoms with Crippen molar-refractivity contribution in [1.29, 1.82) is 0 Å². The lowest BCUT2D eigenvalue weighted by molar-refractivity contribution is -0.140. The second-order valence-corrected chi connectivity index (χ2v) is 12.9. The highest BCUT2D eigenvalue weighted by molar-refractivity contribution is 9.10. The third-order valence-electron chi connectivity index (χ3n) is 6.94. The number of nitrogens with one attached hydrogen (secondary N) is 1. The van der Waals surface area contributed by atoms with E-state index >= 15 is 0 Å². The zero-order valence-electron chi connectivity index (χ0n) is 24.8. The van der Waals surface area contributed by atoms with Crippen molar-refractivity contribution in [3.63, 3.8) is 0 Å². The number of halogens is 1. The molecule has 0 unspecified atom stereocenters. The molecule has 0 heterocycles. The Morgan fingerprint density at radius 1 is 0.952 bits per heavy atom. The molecule has 0 radical (unpaired) electrons. The predicted octanol–water partition coefficient (Wildman–Crippen LogP) is 6.07. The van der Waals surface area contributed by atoms with Crippen LogP contribution in [0.3, 0.4) is 0 Å². The standard InChI is InChI=1S/C32H40BrN3O5S/c1-6-24(5)34-32(38)30(7-2)35(21-25-11-9-10-23(4)20-25)31(37)22-36(27-14-16-28(17-15-27)41-8-3)42(39,40)29-18-12-26(33)13-19-29/h9-20,24,30H,6-8,21-22H2,1-5H3,(H,34,38)/t24-,30-/m1/s1. The molecule has 0 saturated carbocycles. The first-order valence-electron chi connectivity index (χ1n) is 14.2. The van der Waals surface area contributed by atoms with E-state index in [1.807, 2.05) is 58.9 Å². The maximum atomic E-state index is 14.2. The van der Waals surface area contributed by atoms with Gasteiger partial charge in [0.25, 0.3) is 10.0 Å². The minimum Gasteiger partial charge on any atom is -0.494 e. The summed E-state index contributed by atoms with van der Waals surface area (Å²) in [5.74, 6) is -0.170. The lowest BCUT2D eigenvalue weighted by Crippen LogP contribution is -2.53. The highest BCUT2D eigenvalue weighted by atomic mass is 79.9. The number of anilines is 1. The summed E-state index contributed by atoms with van der Waals surface area (Å²) in [7, 11) is -4.16. The van der Waals surface area contributed by atoms with Crippen LogP contribution in [0, 0.1) is 6.92 Å². The smallest absolute Gasteiger partial charge is 0.264 e. The monoisotopic (exact) mass is 657 g/mol. The molecular weight excluding hydrogens is 618 g/mol. The number of rotatable bonds is 14. The summed E-state index contributed by atoms with van der Waals surface area (Å²) in [6, 6.07) is 19.7. The molecule has 10 heteroatoms. The van der Waals surface area contributed by atoms with E-state index in [0.29, 0.717) is 24.5 Å². The van der Waals surface area contributed by atoms with Gasteiger partial charge in [0.2, 0.25) is 11.8 Å². The molecule has 0 spiro atoms. The molecule has 0 saturated heterocycles. The Balaban J connectivity index is 2.06. The predicted molar refractivity (Wildman–Crippen MR) is 170 cm³/mol. The SMILES string of the molecule is CCOc1ccc(N(CC(=O)N(Cc2cccc(C)c2)[C@H](CC)C(=O)N[C@H](C)CC)S(=O)(=O)c2ccc(Br)cc2)cc1. The number of nitrogens with zero attached hydrogens (tertiary/aromatic N) is 2. The fraction of sp³-hybridized carbons (Fsp3) is 0.375. The van der Waals surface area contributed by atoms with E-state index in [1.54, 1.807) is 36.4 Å². The van der Waals surface area contributed by atoms with E-state index < -0.39 is 28.5 Å². The lowest BCUT2D eigenvalue weighted by Gasteiger charge is -2.33. The van der Waals surface area contributed by atoms with Gasteiger partial charge in [-0.15, -0.1) is 0 Å². The van der Waals surface area contributed by atoms with E-state index in [9.17, 15) is 18.0 Å². The average molecular weight is 659 g/mol. The Labute approximate surface area is 258 Å². The number of carbonyl (C=O) groups is 2. The van der Waals surface area contributed by atoms with Crippen LogP contribution in [0.2, 0.25) is 0 Å². The van der Waals surface area contributed by atoms with Gasteiger partial charge in [0.05, 0.1) is 17.2 Å². The van der Waals surface area contributed by atoms with Crippen LogP contribution in [-0.2, 0) is 26.2 Å². The second kappa shape index (κ2) is 15.2. The topological polar surface area (TPSA) is 96.0 Å². The molecule has 0 fully saturated rings. The lowest BCUT2D eigenvalue weighted by atomic mass is 10.1. The molecule has 42 heavy (non-hydrogen) atoms. The van der Waals surface area contributed by atoms with Gasteiger partial charge in [0.1, 0.15) is 18.3 Å². The summed E-state index contributed by atoms with van der Waals surface area (Å²) < 4.78 is 35.4. The van der Waals surface area contributed by atoms with Crippen molar-refractivity contribution in [3.05, 3.63) is 88.4 Å². The van der Waals surface area contributed by atoms with Gasteiger partial charge in [-0.2, -0.15) is 0 Å². The van der Waals surface area contributed by atoms with Crippen molar-refractivity contribution in [3.8, 4) is 5.75 Å². The van der Waals surface area contributed by atoms with Gasteiger partial charge in [-0.05, 0) is 87.7 Å². The average Bonchev–Trinajstić information content (AvgIpc) is 2.96. The fourth-order valence-electron chi connectivity index (χ4n) is 4.51. The summed E-state index contributed by atoms with van der Waals surface area (Å²) in [5.41, 5.74) is 2.18. The number of sulfonamides is 1. The Hall–Kier alpha value is -3.37. The van der Waals surface area contributed by atoms with E-state index in [-0.39, 0.29) is 23.4 Å². The van der Waals surface area contributed by atoms with Gasteiger partial charge in [0, 0.05) is 17.1 Å². The van der Waals surface area contributed by atoms with Crippen molar-refractivity contribution < 1.29 is 22.7 Å². The molecule has 1 N–H and O–H groups in total. The molecule has 0 aliphatic carbocycles. The molecule has 3 aromatic carbocycles. The molecule has 3 rings (SSSR count). The zero-order valence-corrected chi connectivity index (χ0v) is 27.2. The second-order valence-electron chi connectivity index (χ2n) is 10.1. The van der Waals surface area contributed by atoms with Crippen LogP contribution in [0.5, 0.6) is 5.75 Å². The summed E-state index contributed by atoms with van der Waals surface area (Å²) in [4.78, 5) is 29.1. The minimum atomic E-state index is -4.16. The van der Waals surface area contributed by atoms with Crippen LogP contribution >= 0.6 is 15.9 Å². The number of benzene rings is 3. The zero-order chi connectivity index (χ0) is 30.9. The number of hydrogen-bond acceptors (Lipinski definition) is 5. The van der Waals surface area contributed by atoms with Gasteiger partial charge in [-0.1, -0.05) is 59.6 Å². The van der Waals surface area contributed by atoms with Crippen molar-refractivity contribution in [2.24, 2.45) is 0 Å². The Morgan fingerprint density at radius 3 is 2.19 bits per heavy atom. The van der Waals surface area contributed by atoms with Crippen molar-refractivity contribution in [2.75, 3.05) is 17.5 Å². The Morgan fingerprint density at radius 2 is 1.62 bits per heavy atom. The van der Waals surface area contributed by atoms with Crippen LogP contribution in [0.15, 0.2) is 82.2 Å². The van der Waals surface area contributed by atoms with Gasteiger partial charge >= 0.3 is 0 Å². The molecule has 0 bridgehead atoms. The molecule has 226 valence electrons. The van der Waals surface area contributed by atoms with Gasteiger partial charge in [0.15, 0.2) is 0 Å². The number of aryl methyl sites for hydroxylation is 1. The summed E-state index contributed by atoms with van der Waals surface area (Å²) in [6.07, 6.45) is 1.10. The number of hydrogen-bond donors (Lipinski definition) is 1. The molecule has 2 amide bonds. The Kier molecular flexibility index (Phi) is 12.0. The quantitative estimate of drug-likeness (QED) is 0.227. The van der Waals surface area contributed by atoms with Crippen LogP contribution in [-0.4, -0.2) is 50.4 Å². The third kappa shape index (κ3) is 8.58. The summed E-state index contributed by atoms with van der Waals surface area (Å²) in [6.45, 7) is 9.68. The van der Waals surface area contributed by atoms with E-state index in [2.05, 4.69) is 21.2 Å². The molecule has 0 aromatic heterocycles. The van der Waals surface area contributed by atoms with Gasteiger partial charge in [-0.3, -0.25) is 13.9 Å². The largest absolute Gasteiger partial charge is 0.494 e. The van der Waals surface area contributed by atoms with Crippen molar-refractivity contribution in [1.82, 2.24) is 10.2 Å². The van der Waals surface area contributed by atoms with E-state index in [4.69, 9.17) is 4.74 Å². The molecule has 2 atom stereocenters. The highest BCUT2D eigenvalue weighted by Crippen LogP contribution is 2.27. The fourth-order valence-corrected chi connectivity index (χ4v) is 6.18. The number of amides is 2. The minimum absolute atomic E-state index is 0.0409. The third-order valence-corrected chi connectivity index (χ3v) is 9.26. The molecule has 0 aliphatic heterocycles. The van der Waals surface area contributed by atoms with Crippen molar-refractivity contribution >= 4 is 43.5 Å². The van der Waals surface area contributed by atoms with Crippen LogP contribution in [0.25, 0.3) is 0 Å². The molecule has 0 aliphatic rings. The van der Waals surface area contributed by atoms with E-state index in [0.717, 1.165) is 26.3 Å². The number of ether oxygens (including phenoxy) is 1. The molecular formula is C32H40BrN3O5S. The van der Waals surface area contributed by atoms with Crippen LogP contribution < -0.4 is 14.4 Å². The summed E-state index contributed by atoms with van der Waals surface area (Å²) in [5, 5.41) is 2.99. The first-order chi connectivity index (χ1) is 20.0. The normalized spacial score (nSPS) is 12.7. The van der Waals surface area contributed by atoms with Crippen LogP contribution in [0.4, 0.5) is 5.69 Å². The van der Waals surface area contributed by atoms with Gasteiger partial charge < -0.3 is 15.0 Å². The maximum Gasteiger partial charge on any atom is 0.264 e. The highest BCUT2D eigenvalue weighted by Gasteiger charge is 2.34. The first kappa shape index (κ1) is 33.1. The molecule has 8 nitrogen and oxygen atoms in total.